The van der Waals surface area contributed by atoms with Gasteiger partial charge in [-0.1, -0.05) is 50.3 Å². The molecule has 3 saturated carbocycles. The number of piperazine rings is 1. The first-order valence-electron chi connectivity index (χ1n) is 18.0. The van der Waals surface area contributed by atoms with E-state index in [4.69, 9.17) is 14.0 Å². The summed E-state index contributed by atoms with van der Waals surface area (Å²) >= 11 is 0. The van der Waals surface area contributed by atoms with Gasteiger partial charge in [0.15, 0.2) is 0 Å². The number of nitrogens with zero attached hydrogens (tertiary/aromatic N) is 4. The molecule has 3 saturated heterocycles. The molecular formula is C37H54BN5O5. The van der Waals surface area contributed by atoms with Gasteiger partial charge in [-0.05, 0) is 89.2 Å². The van der Waals surface area contributed by atoms with Gasteiger partial charge in [-0.25, -0.2) is 4.79 Å². The molecule has 2 amide bonds. The van der Waals surface area contributed by atoms with E-state index in [0.29, 0.717) is 44.1 Å². The van der Waals surface area contributed by atoms with Gasteiger partial charge in [-0.3, -0.25) is 9.69 Å². The van der Waals surface area contributed by atoms with E-state index in [0.717, 1.165) is 44.6 Å². The van der Waals surface area contributed by atoms with Crippen LogP contribution in [-0.2, 0) is 25.3 Å². The number of nitrogens with one attached hydrogen (secondary N) is 1. The smallest absolute Gasteiger partial charge is 0.444 e. The van der Waals surface area contributed by atoms with Gasteiger partial charge in [0.1, 0.15) is 17.7 Å². The number of ether oxygens (including phenoxy) is 1. The van der Waals surface area contributed by atoms with Crippen LogP contribution in [0.3, 0.4) is 0 Å². The van der Waals surface area contributed by atoms with Gasteiger partial charge >= 0.3 is 13.2 Å². The molecule has 2 bridgehead atoms. The van der Waals surface area contributed by atoms with Crippen LogP contribution in [-0.4, -0.2) is 109 Å². The normalized spacial score (nSPS) is 31.3. The van der Waals surface area contributed by atoms with E-state index in [1.165, 1.54) is 0 Å². The summed E-state index contributed by atoms with van der Waals surface area (Å²) in [5.74, 6) is 0.303. The summed E-state index contributed by atoms with van der Waals surface area (Å²) in [6.45, 7) is 15.9. The maximum Gasteiger partial charge on any atom is 0.482 e. The molecule has 3 aliphatic heterocycles. The highest BCUT2D eigenvalue weighted by molar-refractivity contribution is 6.47. The summed E-state index contributed by atoms with van der Waals surface area (Å²) in [7, 11) is 1.54. The molecule has 0 spiro atoms. The Hall–Kier alpha value is -2.91. The Bertz CT molecular complexity index is 1410. The van der Waals surface area contributed by atoms with Crippen LogP contribution in [0.5, 0.6) is 0 Å². The standard InChI is InChI=1S/C37H54BN5O5/c1-35(2,43-19-17-41(6)18-20-43)15-14-27(24-39)33(44)42-16-10-13-29(25-42)46-34(45)40-32(21-26-11-8-7-9-12-26)38-47-31-23-28-22-30(36(28,3)4)37(31,5)48-38/h7-9,11-12,14,28-32H,10,13,15-23,25H2,1-6H3,(H,40,45)/t28?,29-,30?,31+,32-,37-/m0/s1. The Labute approximate surface area is 287 Å². The zero-order valence-corrected chi connectivity index (χ0v) is 29.7. The highest BCUT2D eigenvalue weighted by Gasteiger charge is 2.68. The number of carbonyl (C=O) groups is 2. The molecule has 0 radical (unpaired) electrons. The summed E-state index contributed by atoms with van der Waals surface area (Å²) in [5, 5.41) is 13.0. The molecule has 2 unspecified atom stereocenters. The minimum absolute atomic E-state index is 0.00259. The quantitative estimate of drug-likeness (QED) is 0.236. The summed E-state index contributed by atoms with van der Waals surface area (Å²) in [6, 6.07) is 12.2. The van der Waals surface area contributed by atoms with Gasteiger partial charge in [0.2, 0.25) is 0 Å². The molecule has 10 nitrogen and oxygen atoms in total. The maximum atomic E-state index is 13.5. The van der Waals surface area contributed by atoms with Gasteiger partial charge < -0.3 is 29.2 Å². The first-order chi connectivity index (χ1) is 22.8. The molecule has 3 heterocycles. The van der Waals surface area contributed by atoms with Gasteiger partial charge in [-0.15, -0.1) is 0 Å². The van der Waals surface area contributed by atoms with Crippen LogP contribution < -0.4 is 5.32 Å². The highest BCUT2D eigenvalue weighted by atomic mass is 16.7. The summed E-state index contributed by atoms with van der Waals surface area (Å²) < 4.78 is 19.3. The number of likely N-dealkylation sites (tertiary alicyclic amines) is 1. The minimum atomic E-state index is -0.592. The van der Waals surface area contributed by atoms with Gasteiger partial charge in [-0.2, -0.15) is 5.26 Å². The number of amides is 2. The van der Waals surface area contributed by atoms with Crippen molar-refractivity contribution in [3.8, 4) is 6.07 Å². The van der Waals surface area contributed by atoms with Crippen LogP contribution in [0, 0.1) is 28.6 Å². The first kappa shape index (κ1) is 34.9. The zero-order valence-electron chi connectivity index (χ0n) is 29.7. The SMILES string of the molecule is CN1CCN(C(C)(C)CC=C(C#N)C(=O)N2CCC[C@H](OC(=O)N[C@@H](Cc3ccccc3)B3O[C@@H]4CC5CC(C5(C)C)[C@]4(C)O3)C2)CC1. The minimum Gasteiger partial charge on any atom is -0.444 e. The molecular weight excluding hydrogens is 605 g/mol. The van der Waals surface area contributed by atoms with Crippen molar-refractivity contribution in [2.24, 2.45) is 17.3 Å². The Balaban J connectivity index is 1.07. The number of benzene rings is 1. The predicted molar refractivity (Wildman–Crippen MR) is 185 cm³/mol. The Morgan fingerprint density at radius 2 is 1.88 bits per heavy atom. The monoisotopic (exact) mass is 659 g/mol. The lowest BCUT2D eigenvalue weighted by Gasteiger charge is -2.64. The number of rotatable bonds is 9. The summed E-state index contributed by atoms with van der Waals surface area (Å²) in [5.41, 5.74) is 0.887. The molecule has 260 valence electrons. The average molecular weight is 660 g/mol. The van der Waals surface area contributed by atoms with Crippen LogP contribution in [0.1, 0.15) is 72.3 Å². The maximum absolute atomic E-state index is 13.5. The number of alkyl carbamates (subject to hydrolysis) is 1. The lowest BCUT2D eigenvalue weighted by atomic mass is 9.43. The number of likely N-dealkylation sites (N-methyl/N-ethyl adjacent to an activating group) is 1. The third-order valence-electron chi connectivity index (χ3n) is 12.4. The second kappa shape index (κ2) is 13.8. The van der Waals surface area contributed by atoms with E-state index in [9.17, 15) is 14.9 Å². The first-order valence-corrected chi connectivity index (χ1v) is 18.0. The zero-order chi connectivity index (χ0) is 34.3. The van der Waals surface area contributed by atoms with E-state index >= 15 is 0 Å². The Morgan fingerprint density at radius 3 is 2.56 bits per heavy atom. The lowest BCUT2D eigenvalue weighted by Crippen LogP contribution is -2.65. The van der Waals surface area contributed by atoms with E-state index in [-0.39, 0.29) is 40.7 Å². The second-order valence-corrected chi connectivity index (χ2v) is 16.2. The molecule has 1 aromatic rings. The van der Waals surface area contributed by atoms with Gasteiger partial charge in [0.05, 0.1) is 24.2 Å². The number of piperidine rings is 1. The fraction of sp³-hybridized carbons (Fsp3) is 0.703. The molecule has 0 aromatic heterocycles. The molecule has 6 aliphatic rings. The number of hydrogen-bond acceptors (Lipinski definition) is 8. The van der Waals surface area contributed by atoms with E-state index in [1.807, 2.05) is 30.3 Å². The van der Waals surface area contributed by atoms with Crippen molar-refractivity contribution < 1.29 is 23.6 Å². The van der Waals surface area contributed by atoms with Gasteiger partial charge in [0.25, 0.3) is 5.91 Å². The predicted octanol–water partition coefficient (Wildman–Crippen LogP) is 4.45. The summed E-state index contributed by atoms with van der Waals surface area (Å²) in [4.78, 5) is 33.4. The van der Waals surface area contributed by atoms with E-state index in [2.05, 4.69) is 62.9 Å². The summed E-state index contributed by atoms with van der Waals surface area (Å²) in [6.07, 6.45) is 5.38. The lowest BCUT2D eigenvalue weighted by molar-refractivity contribution is -0.199. The molecule has 6 atom stereocenters. The van der Waals surface area contributed by atoms with Crippen LogP contribution >= 0.6 is 0 Å². The third-order valence-corrected chi connectivity index (χ3v) is 12.4. The molecule has 48 heavy (non-hydrogen) atoms. The van der Waals surface area contributed by atoms with Gasteiger partial charge in [0, 0.05) is 38.3 Å². The van der Waals surface area contributed by atoms with Crippen molar-refractivity contribution >= 4 is 19.1 Å². The molecule has 11 heteroatoms. The number of carbonyl (C=O) groups excluding carboxylic acids is 2. The molecule has 6 fully saturated rings. The van der Waals surface area contributed by atoms with Crippen LogP contribution in [0.25, 0.3) is 0 Å². The van der Waals surface area contributed by atoms with Crippen molar-refractivity contribution in [3.63, 3.8) is 0 Å². The fourth-order valence-corrected chi connectivity index (χ4v) is 8.95. The highest BCUT2D eigenvalue weighted by Crippen LogP contribution is 2.65. The third kappa shape index (κ3) is 7.05. The Kier molecular flexibility index (Phi) is 10.0. The molecule has 7 rings (SSSR count). The van der Waals surface area contributed by atoms with Crippen LogP contribution in [0.4, 0.5) is 4.79 Å². The molecule has 1 aromatic carbocycles. The molecule has 1 N–H and O–H groups in total. The van der Waals surface area contributed by atoms with Crippen LogP contribution in [0.2, 0.25) is 0 Å². The van der Waals surface area contributed by atoms with Crippen LogP contribution in [0.15, 0.2) is 42.0 Å². The largest absolute Gasteiger partial charge is 0.482 e. The topological polar surface area (TPSA) is 107 Å². The fourth-order valence-electron chi connectivity index (χ4n) is 8.95. The van der Waals surface area contributed by atoms with Crippen molar-refractivity contribution in [1.82, 2.24) is 20.0 Å². The second-order valence-electron chi connectivity index (χ2n) is 16.2. The van der Waals surface area contributed by atoms with E-state index in [1.54, 1.807) is 11.0 Å². The van der Waals surface area contributed by atoms with Crippen molar-refractivity contribution in [3.05, 3.63) is 47.5 Å². The van der Waals surface area contributed by atoms with Crippen molar-refractivity contribution in [2.75, 3.05) is 46.3 Å². The van der Waals surface area contributed by atoms with E-state index < -0.39 is 25.3 Å². The average Bonchev–Trinajstić information content (AvgIpc) is 3.42. The van der Waals surface area contributed by atoms with Crippen molar-refractivity contribution in [1.29, 1.82) is 5.26 Å². The van der Waals surface area contributed by atoms with Crippen molar-refractivity contribution in [2.45, 2.75) is 102 Å². The number of nitriles is 1. The molecule has 3 aliphatic carbocycles. The Morgan fingerprint density at radius 1 is 1.15 bits per heavy atom. The number of hydrogen-bond donors (Lipinski definition) is 1.